The second kappa shape index (κ2) is 8.19. The molecule has 0 fully saturated rings. The summed E-state index contributed by atoms with van der Waals surface area (Å²) in [6.07, 6.45) is 1.89. The van der Waals surface area contributed by atoms with Crippen molar-refractivity contribution in [2.24, 2.45) is 0 Å². The number of aryl methyl sites for hydroxylation is 1. The van der Waals surface area contributed by atoms with Crippen molar-refractivity contribution in [3.05, 3.63) is 59.9 Å². The summed E-state index contributed by atoms with van der Waals surface area (Å²) in [5.41, 5.74) is 3.08. The molecule has 0 unspecified atom stereocenters. The van der Waals surface area contributed by atoms with E-state index in [0.717, 1.165) is 51.8 Å². The van der Waals surface area contributed by atoms with Crippen LogP contribution in [0, 0.1) is 5.82 Å². The standard InChI is InChI=1S/C22H23FO3/c1-4-5-16-12-17-13-19(25-3)10-11-20(17)22(26-14-24-2)21(16)15-6-8-18(23)9-7-15/h6-13H,4-5,14H2,1-3H3. The zero-order valence-electron chi connectivity index (χ0n) is 15.3. The van der Waals surface area contributed by atoms with E-state index in [9.17, 15) is 4.39 Å². The van der Waals surface area contributed by atoms with E-state index in [1.807, 2.05) is 18.2 Å². The fraction of sp³-hybridized carbons (Fsp3) is 0.273. The molecule has 0 saturated heterocycles. The first-order valence-corrected chi connectivity index (χ1v) is 8.69. The molecule has 3 aromatic rings. The third-order valence-corrected chi connectivity index (χ3v) is 4.35. The molecule has 0 aliphatic heterocycles. The summed E-state index contributed by atoms with van der Waals surface area (Å²) in [6.45, 7) is 2.28. The SMILES string of the molecule is CCCc1cc2cc(OC)ccc2c(OCOC)c1-c1ccc(F)cc1. The molecule has 0 spiro atoms. The minimum absolute atomic E-state index is 0.144. The number of rotatable bonds is 7. The summed E-state index contributed by atoms with van der Waals surface area (Å²) in [5.74, 6) is 1.30. The first-order chi connectivity index (χ1) is 12.7. The second-order valence-electron chi connectivity index (χ2n) is 6.13. The summed E-state index contributed by atoms with van der Waals surface area (Å²) >= 11 is 0. The maximum Gasteiger partial charge on any atom is 0.188 e. The highest BCUT2D eigenvalue weighted by Gasteiger charge is 2.17. The van der Waals surface area contributed by atoms with Crippen LogP contribution in [0.4, 0.5) is 4.39 Å². The van der Waals surface area contributed by atoms with E-state index < -0.39 is 0 Å². The molecule has 0 aromatic heterocycles. The Kier molecular flexibility index (Phi) is 5.74. The highest BCUT2D eigenvalue weighted by molar-refractivity contribution is 5.97. The van der Waals surface area contributed by atoms with Crippen LogP contribution in [0.5, 0.6) is 11.5 Å². The molecule has 3 rings (SSSR count). The Labute approximate surface area is 153 Å². The minimum atomic E-state index is -0.254. The topological polar surface area (TPSA) is 27.7 Å². The van der Waals surface area contributed by atoms with Gasteiger partial charge in [0.25, 0.3) is 0 Å². The third-order valence-electron chi connectivity index (χ3n) is 4.35. The molecule has 0 aliphatic rings. The molecule has 0 N–H and O–H groups in total. The van der Waals surface area contributed by atoms with Crippen molar-refractivity contribution in [3.8, 4) is 22.6 Å². The lowest BCUT2D eigenvalue weighted by Gasteiger charge is -2.19. The Morgan fingerprint density at radius 1 is 0.962 bits per heavy atom. The Morgan fingerprint density at radius 2 is 1.73 bits per heavy atom. The van der Waals surface area contributed by atoms with Crippen molar-refractivity contribution in [2.75, 3.05) is 21.0 Å². The maximum atomic E-state index is 13.4. The van der Waals surface area contributed by atoms with Gasteiger partial charge < -0.3 is 14.2 Å². The van der Waals surface area contributed by atoms with Gasteiger partial charge in [-0.3, -0.25) is 0 Å². The van der Waals surface area contributed by atoms with Crippen LogP contribution in [0.15, 0.2) is 48.5 Å². The van der Waals surface area contributed by atoms with Crippen molar-refractivity contribution in [1.29, 1.82) is 0 Å². The van der Waals surface area contributed by atoms with E-state index in [1.54, 1.807) is 26.4 Å². The van der Waals surface area contributed by atoms with Crippen LogP contribution in [-0.4, -0.2) is 21.0 Å². The van der Waals surface area contributed by atoms with Gasteiger partial charge in [0.2, 0.25) is 0 Å². The lowest BCUT2D eigenvalue weighted by Crippen LogP contribution is -2.03. The van der Waals surface area contributed by atoms with Crippen molar-refractivity contribution < 1.29 is 18.6 Å². The molecule has 0 radical (unpaired) electrons. The number of ether oxygens (including phenoxy) is 3. The third kappa shape index (κ3) is 3.65. The van der Waals surface area contributed by atoms with Gasteiger partial charge in [-0.25, -0.2) is 4.39 Å². The molecule has 0 amide bonds. The zero-order valence-corrected chi connectivity index (χ0v) is 15.3. The van der Waals surface area contributed by atoms with Gasteiger partial charge in [-0.15, -0.1) is 0 Å². The Bertz CT molecular complexity index is 888. The number of hydrogen-bond acceptors (Lipinski definition) is 3. The molecule has 4 heteroatoms. The molecule has 0 atom stereocenters. The quantitative estimate of drug-likeness (QED) is 0.518. The van der Waals surface area contributed by atoms with E-state index in [0.29, 0.717) is 0 Å². The van der Waals surface area contributed by atoms with Crippen molar-refractivity contribution in [3.63, 3.8) is 0 Å². The fourth-order valence-corrected chi connectivity index (χ4v) is 3.20. The second-order valence-corrected chi connectivity index (χ2v) is 6.13. The van der Waals surface area contributed by atoms with Crippen molar-refractivity contribution in [2.45, 2.75) is 19.8 Å². The molecular formula is C22H23FO3. The fourth-order valence-electron chi connectivity index (χ4n) is 3.20. The van der Waals surface area contributed by atoms with Crippen molar-refractivity contribution >= 4 is 10.8 Å². The Balaban J connectivity index is 2.30. The van der Waals surface area contributed by atoms with Crippen LogP contribution in [0.25, 0.3) is 21.9 Å². The lowest BCUT2D eigenvalue weighted by molar-refractivity contribution is 0.0526. The first-order valence-electron chi connectivity index (χ1n) is 8.69. The molecule has 0 heterocycles. The van der Waals surface area contributed by atoms with Gasteiger partial charge in [0, 0.05) is 18.1 Å². The average Bonchev–Trinajstić information content (AvgIpc) is 2.66. The van der Waals surface area contributed by atoms with E-state index >= 15 is 0 Å². The Hall–Kier alpha value is -2.59. The predicted octanol–water partition coefficient (Wildman–Crippen LogP) is 5.59. The molecule has 3 nitrogen and oxygen atoms in total. The first kappa shape index (κ1) is 18.2. The lowest BCUT2D eigenvalue weighted by atomic mass is 9.92. The summed E-state index contributed by atoms with van der Waals surface area (Å²) in [5, 5.41) is 2.02. The number of hydrogen-bond donors (Lipinski definition) is 0. The molecule has 0 saturated carbocycles. The smallest absolute Gasteiger partial charge is 0.188 e. The molecular weight excluding hydrogens is 331 g/mol. The predicted molar refractivity (Wildman–Crippen MR) is 102 cm³/mol. The minimum Gasteiger partial charge on any atom is -0.497 e. The van der Waals surface area contributed by atoms with E-state index in [4.69, 9.17) is 14.2 Å². The van der Waals surface area contributed by atoms with E-state index in [2.05, 4.69) is 13.0 Å². The van der Waals surface area contributed by atoms with Crippen LogP contribution in [-0.2, 0) is 11.2 Å². The van der Waals surface area contributed by atoms with E-state index in [-0.39, 0.29) is 12.6 Å². The van der Waals surface area contributed by atoms with Crippen LogP contribution in [0.3, 0.4) is 0 Å². The van der Waals surface area contributed by atoms with E-state index in [1.165, 1.54) is 12.1 Å². The van der Waals surface area contributed by atoms with Gasteiger partial charge in [0.05, 0.1) is 7.11 Å². The number of halogens is 1. The maximum absolute atomic E-state index is 13.4. The Morgan fingerprint density at radius 3 is 2.38 bits per heavy atom. The van der Waals surface area contributed by atoms with Crippen LogP contribution in [0.2, 0.25) is 0 Å². The van der Waals surface area contributed by atoms with Gasteiger partial charge in [-0.1, -0.05) is 31.5 Å². The highest BCUT2D eigenvalue weighted by atomic mass is 19.1. The number of benzene rings is 3. The highest BCUT2D eigenvalue weighted by Crippen LogP contribution is 2.41. The van der Waals surface area contributed by atoms with Crippen LogP contribution < -0.4 is 9.47 Å². The largest absolute Gasteiger partial charge is 0.497 e. The summed E-state index contributed by atoms with van der Waals surface area (Å²) < 4.78 is 29.9. The molecule has 3 aromatic carbocycles. The summed E-state index contributed by atoms with van der Waals surface area (Å²) in [4.78, 5) is 0. The monoisotopic (exact) mass is 354 g/mol. The van der Waals surface area contributed by atoms with Gasteiger partial charge in [0.15, 0.2) is 6.79 Å². The number of methoxy groups -OCH3 is 2. The summed E-state index contributed by atoms with van der Waals surface area (Å²) in [6, 6.07) is 14.6. The van der Waals surface area contributed by atoms with Gasteiger partial charge in [0.1, 0.15) is 17.3 Å². The van der Waals surface area contributed by atoms with Gasteiger partial charge >= 0.3 is 0 Å². The summed E-state index contributed by atoms with van der Waals surface area (Å²) in [7, 11) is 3.25. The normalized spacial score (nSPS) is 10.9. The van der Waals surface area contributed by atoms with Gasteiger partial charge in [-0.05, 0) is 53.3 Å². The average molecular weight is 354 g/mol. The zero-order chi connectivity index (χ0) is 18.5. The molecule has 0 bridgehead atoms. The van der Waals surface area contributed by atoms with Crippen molar-refractivity contribution in [1.82, 2.24) is 0 Å². The molecule has 0 aliphatic carbocycles. The molecule has 136 valence electrons. The van der Waals surface area contributed by atoms with Crippen LogP contribution in [0.1, 0.15) is 18.9 Å². The van der Waals surface area contributed by atoms with Gasteiger partial charge in [-0.2, -0.15) is 0 Å². The van der Waals surface area contributed by atoms with Crippen LogP contribution >= 0.6 is 0 Å². The molecule has 26 heavy (non-hydrogen) atoms. The number of fused-ring (bicyclic) bond motifs is 1.